The quantitative estimate of drug-likeness (QED) is 0.372. The predicted octanol–water partition coefficient (Wildman–Crippen LogP) is 4.98. The zero-order valence-electron chi connectivity index (χ0n) is 21.5. The summed E-state index contributed by atoms with van der Waals surface area (Å²) in [5, 5.41) is 16.7. The van der Waals surface area contributed by atoms with Gasteiger partial charge in [0.1, 0.15) is 0 Å². The van der Waals surface area contributed by atoms with Gasteiger partial charge in [-0.2, -0.15) is 5.10 Å². The van der Waals surface area contributed by atoms with Gasteiger partial charge in [0.15, 0.2) is 21.3 Å². The van der Waals surface area contributed by atoms with Crippen LogP contribution in [0.15, 0.2) is 41.6 Å². The number of halogens is 3. The van der Waals surface area contributed by atoms with E-state index in [4.69, 9.17) is 16.3 Å². The molecule has 1 amide bonds. The summed E-state index contributed by atoms with van der Waals surface area (Å²) >= 11 is 5.92. The number of carbonyl (C=O) groups excluding carboxylic acids is 1. The van der Waals surface area contributed by atoms with E-state index in [-0.39, 0.29) is 38.6 Å². The normalized spacial score (nSPS) is 13.0. The molecule has 38 heavy (non-hydrogen) atoms. The molecule has 0 bridgehead atoms. The molecule has 0 fully saturated rings. The molecule has 3 rings (SSSR count). The molecule has 206 valence electrons. The van der Waals surface area contributed by atoms with E-state index in [0.29, 0.717) is 5.56 Å². The van der Waals surface area contributed by atoms with Gasteiger partial charge in [0.2, 0.25) is 5.88 Å². The van der Waals surface area contributed by atoms with E-state index in [9.17, 15) is 27.1 Å². The maximum Gasteiger partial charge on any atom is 0.272 e. The van der Waals surface area contributed by atoms with Crippen LogP contribution in [0.4, 0.5) is 8.78 Å². The van der Waals surface area contributed by atoms with Crippen molar-refractivity contribution in [2.24, 2.45) is 0 Å². The van der Waals surface area contributed by atoms with E-state index in [1.807, 2.05) is 0 Å². The highest BCUT2D eigenvalue weighted by atomic mass is 35.5. The molecule has 0 aliphatic heterocycles. The molecule has 2 heterocycles. The Bertz CT molecular complexity index is 1420. The summed E-state index contributed by atoms with van der Waals surface area (Å²) in [7, 11) is -3.41. The van der Waals surface area contributed by atoms with Gasteiger partial charge in [0.05, 0.1) is 45.6 Å². The van der Waals surface area contributed by atoms with Crippen molar-refractivity contribution < 1.29 is 31.8 Å². The van der Waals surface area contributed by atoms with Gasteiger partial charge in [-0.25, -0.2) is 21.9 Å². The van der Waals surface area contributed by atoms with Crippen molar-refractivity contribution in [1.29, 1.82) is 0 Å². The smallest absolute Gasteiger partial charge is 0.272 e. The van der Waals surface area contributed by atoms with Gasteiger partial charge >= 0.3 is 0 Å². The third-order valence-electron chi connectivity index (χ3n) is 5.76. The number of sulfone groups is 1. The molecule has 0 saturated heterocycles. The number of hydrogen-bond donors (Lipinski definition) is 2. The van der Waals surface area contributed by atoms with Gasteiger partial charge in [0, 0.05) is 11.8 Å². The number of benzene rings is 1. The van der Waals surface area contributed by atoms with Crippen LogP contribution >= 0.6 is 11.6 Å². The maximum atomic E-state index is 13.7. The molecule has 3 aromatic rings. The fourth-order valence-corrected chi connectivity index (χ4v) is 4.75. The van der Waals surface area contributed by atoms with Crippen LogP contribution in [-0.2, 0) is 15.4 Å². The number of nitrogens with zero attached hydrogens (tertiary/aromatic N) is 3. The molecule has 0 saturated carbocycles. The Morgan fingerprint density at radius 3 is 2.37 bits per heavy atom. The minimum Gasteiger partial charge on any atom is -0.437 e. The summed E-state index contributed by atoms with van der Waals surface area (Å²) in [4.78, 5) is 17.2. The highest BCUT2D eigenvalue weighted by Gasteiger charge is 2.30. The Kier molecular flexibility index (Phi) is 8.79. The fourth-order valence-electron chi connectivity index (χ4n) is 3.63. The number of aliphatic hydroxyl groups is 1. The summed E-state index contributed by atoms with van der Waals surface area (Å²) in [6, 6.07) is 4.97. The molecular formula is C25H29ClF2N4O5S. The van der Waals surface area contributed by atoms with Gasteiger partial charge in [-0.05, 0) is 45.4 Å². The van der Waals surface area contributed by atoms with Crippen LogP contribution in [0.3, 0.4) is 0 Å². The number of aromatic nitrogens is 3. The number of aliphatic hydroxyl groups excluding tert-OH is 1. The molecule has 0 spiro atoms. The topological polar surface area (TPSA) is 123 Å². The molecule has 2 aromatic heterocycles. The molecule has 0 radical (unpaired) electrons. The van der Waals surface area contributed by atoms with E-state index < -0.39 is 45.9 Å². The Hall–Kier alpha value is -3.09. The lowest BCUT2D eigenvalue weighted by Crippen LogP contribution is -2.32. The number of amides is 1. The summed E-state index contributed by atoms with van der Waals surface area (Å²) in [6.07, 6.45) is -0.739. The van der Waals surface area contributed by atoms with Crippen molar-refractivity contribution >= 4 is 27.3 Å². The third-order valence-corrected chi connectivity index (χ3v) is 7.81. The third kappa shape index (κ3) is 6.13. The highest BCUT2D eigenvalue weighted by Crippen LogP contribution is 2.39. The monoisotopic (exact) mass is 570 g/mol. The van der Waals surface area contributed by atoms with Gasteiger partial charge in [-0.15, -0.1) is 0 Å². The summed E-state index contributed by atoms with van der Waals surface area (Å²) in [6.45, 7) is 7.99. The molecule has 9 nitrogen and oxygen atoms in total. The van der Waals surface area contributed by atoms with Crippen LogP contribution in [0.25, 0.3) is 0 Å². The first-order valence-corrected chi connectivity index (χ1v) is 13.7. The Morgan fingerprint density at radius 2 is 1.84 bits per heavy atom. The zero-order chi connectivity index (χ0) is 28.4. The molecule has 1 atom stereocenters. The highest BCUT2D eigenvalue weighted by molar-refractivity contribution is 7.91. The molecule has 1 aromatic carbocycles. The number of hydrogen-bond acceptors (Lipinski definition) is 7. The van der Waals surface area contributed by atoms with Gasteiger partial charge in [-0.1, -0.05) is 30.7 Å². The Labute approximate surface area is 224 Å². The second-order valence-corrected chi connectivity index (χ2v) is 12.2. The van der Waals surface area contributed by atoms with Crippen LogP contribution in [0.5, 0.6) is 11.6 Å². The summed E-state index contributed by atoms with van der Waals surface area (Å²) in [5.74, 6) is -0.944. The molecule has 0 aliphatic rings. The lowest BCUT2D eigenvalue weighted by molar-refractivity contribution is 0.0909. The lowest BCUT2D eigenvalue weighted by atomic mass is 10.1. The van der Waals surface area contributed by atoms with Crippen molar-refractivity contribution in [2.75, 3.05) is 12.4 Å². The van der Waals surface area contributed by atoms with Crippen LogP contribution in [0, 0.1) is 6.92 Å². The second kappa shape index (κ2) is 11.3. The van der Waals surface area contributed by atoms with E-state index in [1.165, 1.54) is 35.9 Å². The average molecular weight is 571 g/mol. The second-order valence-electron chi connectivity index (χ2n) is 9.48. The number of pyridine rings is 1. The first kappa shape index (κ1) is 29.5. The first-order chi connectivity index (χ1) is 17.7. The fraction of sp³-hybridized carbons (Fsp3) is 0.400. The SMILES string of the molecule is CCS(=O)(=O)c1ccc(C(CO)NC(=O)c2nn(C(C)(C)C)c(Oc3cncc(Cl)c3C(F)F)c2C)cc1. The Balaban J connectivity index is 1.97. The van der Waals surface area contributed by atoms with Gasteiger partial charge in [0.25, 0.3) is 12.3 Å². The molecule has 2 N–H and O–H groups in total. The largest absolute Gasteiger partial charge is 0.437 e. The van der Waals surface area contributed by atoms with Crippen molar-refractivity contribution in [3.63, 3.8) is 0 Å². The van der Waals surface area contributed by atoms with Crippen LogP contribution in [0.2, 0.25) is 5.02 Å². The number of carbonyl (C=O) groups is 1. The number of ether oxygens (including phenoxy) is 1. The van der Waals surface area contributed by atoms with Crippen molar-refractivity contribution in [3.8, 4) is 11.6 Å². The minimum atomic E-state index is -3.41. The van der Waals surface area contributed by atoms with Crippen LogP contribution in [-0.4, -0.2) is 46.6 Å². The van der Waals surface area contributed by atoms with E-state index in [1.54, 1.807) is 27.7 Å². The lowest BCUT2D eigenvalue weighted by Gasteiger charge is -2.22. The predicted molar refractivity (Wildman–Crippen MR) is 138 cm³/mol. The minimum absolute atomic E-state index is 0.0447. The van der Waals surface area contributed by atoms with Gasteiger partial charge in [-0.3, -0.25) is 9.78 Å². The zero-order valence-corrected chi connectivity index (χ0v) is 23.1. The van der Waals surface area contributed by atoms with Gasteiger partial charge < -0.3 is 15.2 Å². The maximum absolute atomic E-state index is 13.7. The first-order valence-electron chi connectivity index (χ1n) is 11.6. The summed E-state index contributed by atoms with van der Waals surface area (Å²) in [5.41, 5.74) is -0.563. The standard InChI is InChI=1S/C25H29ClF2N4O5S/c1-6-38(35,36)16-9-7-15(8-10-16)18(13-33)30-23(34)21-14(2)24(32(31-21)25(3,4)5)37-19-12-29-11-17(26)20(19)22(27)28/h7-12,18,22,33H,6,13H2,1-5H3,(H,30,34). The molecule has 1 unspecified atom stereocenters. The van der Waals surface area contributed by atoms with Crippen LogP contribution < -0.4 is 10.1 Å². The molecule has 13 heteroatoms. The van der Waals surface area contributed by atoms with Crippen LogP contribution in [0.1, 0.15) is 67.3 Å². The van der Waals surface area contributed by atoms with Crippen molar-refractivity contribution in [1.82, 2.24) is 20.1 Å². The van der Waals surface area contributed by atoms with Crippen molar-refractivity contribution in [3.05, 3.63) is 64.1 Å². The number of rotatable bonds is 9. The average Bonchev–Trinajstić information content (AvgIpc) is 3.18. The van der Waals surface area contributed by atoms with E-state index >= 15 is 0 Å². The molecule has 0 aliphatic carbocycles. The Morgan fingerprint density at radius 1 is 1.21 bits per heavy atom. The summed E-state index contributed by atoms with van der Waals surface area (Å²) < 4.78 is 58.7. The number of nitrogens with one attached hydrogen (secondary N) is 1. The number of alkyl halides is 2. The van der Waals surface area contributed by atoms with Crippen molar-refractivity contribution in [2.45, 2.75) is 57.5 Å². The van der Waals surface area contributed by atoms with E-state index in [0.717, 1.165) is 12.4 Å². The molecular weight excluding hydrogens is 542 g/mol. The van der Waals surface area contributed by atoms with E-state index in [2.05, 4.69) is 15.4 Å².